The highest BCUT2D eigenvalue weighted by atomic mass is 16.6. The lowest BCUT2D eigenvalue weighted by Gasteiger charge is -2.03. The maximum Gasteiger partial charge on any atom is 0.269 e. The van der Waals surface area contributed by atoms with E-state index in [2.05, 4.69) is 10.3 Å². The molecule has 0 unspecified atom stereocenters. The third-order valence-electron chi connectivity index (χ3n) is 3.58. The second-order valence-corrected chi connectivity index (χ2v) is 5.36. The van der Waals surface area contributed by atoms with E-state index < -0.39 is 0 Å². The fourth-order valence-electron chi connectivity index (χ4n) is 2.36. The summed E-state index contributed by atoms with van der Waals surface area (Å²) < 4.78 is 5.49. The maximum atomic E-state index is 10.8. The van der Waals surface area contributed by atoms with Crippen LogP contribution in [0.4, 0.5) is 5.69 Å². The van der Waals surface area contributed by atoms with Crippen molar-refractivity contribution in [3.8, 4) is 11.5 Å². The molecular weight excluding hydrogens is 306 g/mol. The van der Waals surface area contributed by atoms with E-state index in [1.165, 1.54) is 6.07 Å². The topological polar surface area (TPSA) is 81.2 Å². The molecule has 0 saturated carbocycles. The molecule has 0 radical (unpaired) electrons. The minimum atomic E-state index is -0.385. The zero-order valence-electron chi connectivity index (χ0n) is 13.0. The van der Waals surface area contributed by atoms with E-state index in [0.29, 0.717) is 19.0 Å². The van der Waals surface area contributed by atoms with Crippen molar-refractivity contribution in [2.24, 2.45) is 0 Å². The zero-order valence-corrected chi connectivity index (χ0v) is 13.0. The summed E-state index contributed by atoms with van der Waals surface area (Å²) in [7, 11) is 0. The first kappa shape index (κ1) is 15.9. The van der Waals surface area contributed by atoms with Crippen molar-refractivity contribution < 1.29 is 9.34 Å². The molecule has 0 saturated heterocycles. The Morgan fingerprint density at radius 2 is 1.96 bits per heavy atom. The van der Waals surface area contributed by atoms with Crippen molar-refractivity contribution in [1.82, 2.24) is 10.3 Å². The van der Waals surface area contributed by atoms with Gasteiger partial charge in [-0.05, 0) is 17.7 Å². The van der Waals surface area contributed by atoms with E-state index in [-0.39, 0.29) is 10.6 Å². The van der Waals surface area contributed by atoms with Crippen LogP contribution in [0.1, 0.15) is 11.3 Å². The lowest BCUT2D eigenvalue weighted by atomic mass is 10.2. The number of benzene rings is 2. The summed E-state index contributed by atoms with van der Waals surface area (Å²) in [6, 6.07) is 16.4. The van der Waals surface area contributed by atoms with Gasteiger partial charge in [-0.3, -0.25) is 10.1 Å². The highest BCUT2D eigenvalue weighted by Gasteiger charge is 2.07. The van der Waals surface area contributed by atoms with Crippen LogP contribution in [0, 0.1) is 10.1 Å². The van der Waals surface area contributed by atoms with E-state index in [0.717, 1.165) is 23.2 Å². The standard InChI is InChI=1S/C18H17N3O3/c22-21(23)17-8-4-5-14(11-17)12-19-10-9-16-13-24-18(20-16)15-6-2-1-3-7-15/h1-8,11,13,19H,9-10,12H2. The van der Waals surface area contributed by atoms with Crippen molar-refractivity contribution in [3.63, 3.8) is 0 Å². The minimum Gasteiger partial charge on any atom is -0.444 e. The summed E-state index contributed by atoms with van der Waals surface area (Å²) in [6.45, 7) is 1.29. The smallest absolute Gasteiger partial charge is 0.269 e. The molecule has 1 heterocycles. The molecule has 1 aromatic heterocycles. The van der Waals surface area contributed by atoms with Crippen LogP contribution < -0.4 is 5.32 Å². The van der Waals surface area contributed by atoms with Gasteiger partial charge in [-0.2, -0.15) is 0 Å². The molecule has 0 aliphatic heterocycles. The first-order valence-electron chi connectivity index (χ1n) is 7.66. The molecule has 3 rings (SSSR count). The number of aromatic nitrogens is 1. The molecule has 0 aliphatic rings. The summed E-state index contributed by atoms with van der Waals surface area (Å²) >= 11 is 0. The molecule has 6 heteroatoms. The number of non-ortho nitro benzene ring substituents is 1. The number of hydrogen-bond donors (Lipinski definition) is 1. The number of nitro benzene ring substituents is 1. The van der Waals surface area contributed by atoms with Crippen LogP contribution in [0.3, 0.4) is 0 Å². The fraction of sp³-hybridized carbons (Fsp3) is 0.167. The number of nitrogens with one attached hydrogen (secondary N) is 1. The van der Waals surface area contributed by atoms with E-state index in [4.69, 9.17) is 4.42 Å². The second-order valence-electron chi connectivity index (χ2n) is 5.36. The van der Waals surface area contributed by atoms with Crippen molar-refractivity contribution in [2.75, 3.05) is 6.54 Å². The van der Waals surface area contributed by atoms with E-state index in [1.54, 1.807) is 18.4 Å². The number of hydrogen-bond acceptors (Lipinski definition) is 5. The second kappa shape index (κ2) is 7.52. The first-order valence-corrected chi connectivity index (χ1v) is 7.66. The van der Waals surface area contributed by atoms with Crippen LogP contribution in [-0.2, 0) is 13.0 Å². The summed E-state index contributed by atoms with van der Waals surface area (Å²) in [5.41, 5.74) is 2.82. The van der Waals surface area contributed by atoms with E-state index >= 15 is 0 Å². The van der Waals surface area contributed by atoms with E-state index in [1.807, 2.05) is 36.4 Å². The third-order valence-corrected chi connectivity index (χ3v) is 3.58. The Morgan fingerprint density at radius 1 is 1.12 bits per heavy atom. The minimum absolute atomic E-state index is 0.110. The van der Waals surface area contributed by atoms with Crippen LogP contribution >= 0.6 is 0 Å². The van der Waals surface area contributed by atoms with E-state index in [9.17, 15) is 10.1 Å². The van der Waals surface area contributed by atoms with Crippen molar-refractivity contribution >= 4 is 5.69 Å². The van der Waals surface area contributed by atoms with Gasteiger partial charge in [-0.1, -0.05) is 30.3 Å². The lowest BCUT2D eigenvalue weighted by molar-refractivity contribution is -0.384. The molecule has 0 fully saturated rings. The predicted octanol–water partition coefficient (Wildman–Crippen LogP) is 3.58. The first-order chi connectivity index (χ1) is 11.7. The molecule has 0 spiro atoms. The number of nitrogens with zero attached hydrogens (tertiary/aromatic N) is 2. The molecule has 0 bridgehead atoms. The Morgan fingerprint density at radius 3 is 2.75 bits per heavy atom. The Balaban J connectivity index is 1.50. The Labute approximate surface area is 139 Å². The highest BCUT2D eigenvalue weighted by Crippen LogP contribution is 2.18. The van der Waals surface area contributed by atoms with Crippen molar-refractivity contribution in [2.45, 2.75) is 13.0 Å². The molecule has 6 nitrogen and oxygen atoms in total. The summed E-state index contributed by atoms with van der Waals surface area (Å²) in [5.74, 6) is 0.615. The molecule has 2 aromatic carbocycles. The highest BCUT2D eigenvalue weighted by molar-refractivity contribution is 5.52. The Bertz CT molecular complexity index is 815. The van der Waals surface area contributed by atoms with Gasteiger partial charge in [-0.25, -0.2) is 4.98 Å². The average molecular weight is 323 g/mol. The SMILES string of the molecule is O=[N+]([O-])c1cccc(CNCCc2coc(-c3ccccc3)n2)c1. The lowest BCUT2D eigenvalue weighted by Crippen LogP contribution is -2.16. The van der Waals surface area contributed by atoms with Gasteiger partial charge in [0.1, 0.15) is 6.26 Å². The summed E-state index contributed by atoms with van der Waals surface area (Å²) in [6.07, 6.45) is 2.39. The van der Waals surface area contributed by atoms with Gasteiger partial charge in [0.05, 0.1) is 10.6 Å². The van der Waals surface area contributed by atoms with Gasteiger partial charge >= 0.3 is 0 Å². The zero-order chi connectivity index (χ0) is 16.8. The molecule has 0 atom stereocenters. The van der Waals surface area contributed by atoms with Gasteiger partial charge in [-0.15, -0.1) is 0 Å². The largest absolute Gasteiger partial charge is 0.444 e. The van der Waals surface area contributed by atoms with Gasteiger partial charge < -0.3 is 9.73 Å². The number of nitro groups is 1. The number of rotatable bonds is 7. The summed E-state index contributed by atoms with van der Waals surface area (Å²) in [4.78, 5) is 14.8. The van der Waals surface area contributed by atoms with Crippen molar-refractivity contribution in [3.05, 3.63) is 82.2 Å². The van der Waals surface area contributed by atoms with Crippen LogP contribution in [0.5, 0.6) is 0 Å². The van der Waals surface area contributed by atoms with Crippen LogP contribution in [0.15, 0.2) is 65.3 Å². The van der Waals surface area contributed by atoms with Gasteiger partial charge in [0, 0.05) is 37.2 Å². The van der Waals surface area contributed by atoms with Crippen LogP contribution in [0.2, 0.25) is 0 Å². The maximum absolute atomic E-state index is 10.8. The van der Waals surface area contributed by atoms with Crippen LogP contribution in [-0.4, -0.2) is 16.5 Å². The Kier molecular flexibility index (Phi) is 4.98. The molecular formula is C18H17N3O3. The van der Waals surface area contributed by atoms with Crippen LogP contribution in [0.25, 0.3) is 11.5 Å². The third kappa shape index (κ3) is 4.05. The van der Waals surface area contributed by atoms with Gasteiger partial charge in [0.15, 0.2) is 0 Å². The Hall–Kier alpha value is -2.99. The fourth-order valence-corrected chi connectivity index (χ4v) is 2.36. The average Bonchev–Trinajstić information content (AvgIpc) is 3.09. The predicted molar refractivity (Wildman–Crippen MR) is 90.4 cm³/mol. The summed E-state index contributed by atoms with van der Waals surface area (Å²) in [5, 5.41) is 14.0. The molecule has 122 valence electrons. The molecule has 0 aliphatic carbocycles. The number of oxazole rings is 1. The molecule has 24 heavy (non-hydrogen) atoms. The normalized spacial score (nSPS) is 10.7. The molecule has 3 aromatic rings. The molecule has 0 amide bonds. The van der Waals surface area contributed by atoms with Gasteiger partial charge in [0.25, 0.3) is 5.69 Å². The molecule has 1 N–H and O–H groups in total. The quantitative estimate of drug-likeness (QED) is 0.408. The van der Waals surface area contributed by atoms with Crippen molar-refractivity contribution in [1.29, 1.82) is 0 Å². The van der Waals surface area contributed by atoms with Gasteiger partial charge in [0.2, 0.25) is 5.89 Å². The monoisotopic (exact) mass is 323 g/mol.